The van der Waals surface area contributed by atoms with E-state index in [2.05, 4.69) is 140 Å². The molecule has 3 heterocycles. The van der Waals surface area contributed by atoms with E-state index >= 15 is 0 Å². The van der Waals surface area contributed by atoms with Crippen molar-refractivity contribution < 1.29 is 0 Å². The van der Waals surface area contributed by atoms with Gasteiger partial charge < -0.3 is 0 Å². The number of rotatable bonds is 3. The van der Waals surface area contributed by atoms with E-state index < -0.39 is 0 Å². The van der Waals surface area contributed by atoms with Gasteiger partial charge in [-0.2, -0.15) is 0 Å². The Balaban J connectivity index is 1.06. The Hall–Kier alpha value is -5.64. The Kier molecular flexibility index (Phi) is 6.12. The highest BCUT2D eigenvalue weighted by atomic mass is 32.1. The molecule has 0 spiro atoms. The predicted octanol–water partition coefficient (Wildman–Crippen LogP) is 12.8. The Morgan fingerprint density at radius 1 is 0.646 bits per heavy atom. The van der Waals surface area contributed by atoms with Gasteiger partial charge in [-0.15, -0.1) is 11.3 Å². The van der Waals surface area contributed by atoms with Gasteiger partial charge in [-0.3, -0.25) is 4.98 Å². The zero-order valence-electron chi connectivity index (χ0n) is 26.4. The van der Waals surface area contributed by atoms with Gasteiger partial charge in [0, 0.05) is 53.5 Å². The van der Waals surface area contributed by atoms with Gasteiger partial charge in [-0.05, 0) is 70.0 Å². The third kappa shape index (κ3) is 4.18. The fraction of sp³-hybridized carbons (Fsp3) is 0.0667. The molecule has 1 atom stereocenters. The molecule has 1 aliphatic rings. The molecular weight excluding hydrogens is 601 g/mol. The van der Waals surface area contributed by atoms with Crippen molar-refractivity contribution in [2.45, 2.75) is 19.3 Å². The van der Waals surface area contributed by atoms with Crippen LogP contribution in [0, 0.1) is 0 Å². The number of thiophene rings is 1. The summed E-state index contributed by atoms with van der Waals surface area (Å²) < 4.78 is 2.65. The summed E-state index contributed by atoms with van der Waals surface area (Å²) in [6, 6.07) is 46.3. The van der Waals surface area contributed by atoms with E-state index in [4.69, 9.17) is 9.97 Å². The van der Waals surface area contributed by atoms with Crippen LogP contribution in [0.15, 0.2) is 140 Å². The molecule has 0 fully saturated rings. The second-order valence-electron chi connectivity index (χ2n) is 13.0. The molecule has 0 aliphatic heterocycles. The van der Waals surface area contributed by atoms with Crippen LogP contribution in [0.5, 0.6) is 0 Å². The molecular formula is C45H30N2S. The van der Waals surface area contributed by atoms with E-state index in [1.807, 2.05) is 23.6 Å². The first-order valence-corrected chi connectivity index (χ1v) is 17.4. The minimum absolute atomic E-state index is 0.449. The average Bonchev–Trinajstić information content (AvgIpc) is 3.53. The Morgan fingerprint density at radius 3 is 2.19 bits per heavy atom. The second-order valence-corrected chi connectivity index (χ2v) is 14.0. The number of benzene rings is 6. The first-order chi connectivity index (χ1) is 23.7. The van der Waals surface area contributed by atoms with Gasteiger partial charge in [0.05, 0.1) is 16.7 Å². The zero-order valence-corrected chi connectivity index (χ0v) is 27.3. The van der Waals surface area contributed by atoms with Crippen LogP contribution >= 0.6 is 11.3 Å². The summed E-state index contributed by atoms with van der Waals surface area (Å²) in [5.74, 6) is 0.449. The number of pyridine rings is 2. The lowest BCUT2D eigenvalue weighted by atomic mass is 9.82. The van der Waals surface area contributed by atoms with Crippen LogP contribution < -0.4 is 0 Å². The molecule has 0 amide bonds. The number of para-hydroxylation sites is 1. The highest BCUT2D eigenvalue weighted by Gasteiger charge is 2.21. The molecule has 0 saturated heterocycles. The molecule has 10 rings (SSSR count). The lowest BCUT2D eigenvalue weighted by molar-refractivity contribution is 0.777. The van der Waals surface area contributed by atoms with Crippen molar-refractivity contribution in [3.05, 3.63) is 151 Å². The van der Waals surface area contributed by atoms with Crippen LogP contribution in [0.25, 0.3) is 92.3 Å². The summed E-state index contributed by atoms with van der Waals surface area (Å²) in [6.45, 7) is 2.31. The molecule has 0 N–H and O–H groups in total. The van der Waals surface area contributed by atoms with Crippen LogP contribution in [-0.2, 0) is 0 Å². The van der Waals surface area contributed by atoms with Crippen LogP contribution in [-0.4, -0.2) is 9.97 Å². The topological polar surface area (TPSA) is 25.8 Å². The van der Waals surface area contributed by atoms with Gasteiger partial charge in [0.25, 0.3) is 0 Å². The Morgan fingerprint density at radius 2 is 1.35 bits per heavy atom. The van der Waals surface area contributed by atoms with Gasteiger partial charge in [-0.1, -0.05) is 122 Å². The number of allylic oxidation sites excluding steroid dienone is 1. The van der Waals surface area contributed by atoms with E-state index in [-0.39, 0.29) is 0 Å². The predicted molar refractivity (Wildman–Crippen MR) is 206 cm³/mol. The van der Waals surface area contributed by atoms with Crippen molar-refractivity contribution in [1.29, 1.82) is 0 Å². The first-order valence-electron chi connectivity index (χ1n) is 16.6. The maximum atomic E-state index is 5.24. The maximum absolute atomic E-state index is 5.24. The molecule has 0 bridgehead atoms. The van der Waals surface area contributed by atoms with Crippen molar-refractivity contribution in [3.63, 3.8) is 0 Å². The lowest BCUT2D eigenvalue weighted by Crippen LogP contribution is -2.04. The van der Waals surface area contributed by atoms with Crippen LogP contribution in [0.4, 0.5) is 0 Å². The fourth-order valence-electron chi connectivity index (χ4n) is 7.79. The standard InChI is InChI=1S/C45H30N2S/c1-27-8-6-12-34-38(26-32-9-7-25-46-44(32)41(27)34)30-19-15-28(16-20-30)29-17-21-31(22-18-29)43-37-24-23-35-33-10-3-5-14-40(33)48-45(35)42(37)36-11-2-4-13-39(36)47-43/h2-7,9-27H,8H2,1H3. The van der Waals surface area contributed by atoms with Gasteiger partial charge >= 0.3 is 0 Å². The van der Waals surface area contributed by atoms with E-state index in [1.165, 1.54) is 75.1 Å². The molecule has 48 heavy (non-hydrogen) atoms. The van der Waals surface area contributed by atoms with Gasteiger partial charge in [-0.25, -0.2) is 4.98 Å². The second kappa shape index (κ2) is 10.7. The molecule has 1 unspecified atom stereocenters. The molecule has 3 aromatic heterocycles. The Labute approximate surface area is 282 Å². The molecule has 1 aliphatic carbocycles. The molecule has 2 nitrogen and oxygen atoms in total. The zero-order chi connectivity index (χ0) is 31.8. The monoisotopic (exact) mass is 630 g/mol. The van der Waals surface area contributed by atoms with Crippen molar-refractivity contribution in [1.82, 2.24) is 9.97 Å². The van der Waals surface area contributed by atoms with E-state index in [9.17, 15) is 0 Å². The molecule has 0 saturated carbocycles. The summed E-state index contributed by atoms with van der Waals surface area (Å²) in [5.41, 5.74) is 11.9. The smallest absolute Gasteiger partial charge is 0.0788 e. The van der Waals surface area contributed by atoms with Crippen molar-refractivity contribution in [3.8, 4) is 33.5 Å². The molecule has 6 aromatic carbocycles. The van der Waals surface area contributed by atoms with Crippen LogP contribution in [0.3, 0.4) is 0 Å². The van der Waals surface area contributed by atoms with Gasteiger partial charge in [0.1, 0.15) is 0 Å². The summed E-state index contributed by atoms with van der Waals surface area (Å²) in [7, 11) is 0. The SMILES string of the molecule is CC1CC=Cc2c(-c3ccc(-c4ccc(-c5nc6ccccc6c6c5ccc5c7ccccc7sc56)cc4)cc3)cc3cccnc3c21. The third-order valence-electron chi connectivity index (χ3n) is 10.1. The molecule has 0 radical (unpaired) electrons. The number of hydrogen-bond acceptors (Lipinski definition) is 3. The minimum Gasteiger partial charge on any atom is -0.256 e. The van der Waals surface area contributed by atoms with Crippen molar-refractivity contribution in [2.75, 3.05) is 0 Å². The molecule has 9 aromatic rings. The molecule has 3 heteroatoms. The summed E-state index contributed by atoms with van der Waals surface area (Å²) in [6.07, 6.45) is 7.56. The van der Waals surface area contributed by atoms with E-state index in [1.54, 1.807) is 0 Å². The average molecular weight is 631 g/mol. The first kappa shape index (κ1) is 27.5. The summed E-state index contributed by atoms with van der Waals surface area (Å²) in [5, 5.41) is 7.54. The number of nitrogens with zero attached hydrogens (tertiary/aromatic N) is 2. The van der Waals surface area contributed by atoms with Crippen molar-refractivity contribution in [2.24, 2.45) is 0 Å². The van der Waals surface area contributed by atoms with Crippen LogP contribution in [0.1, 0.15) is 30.4 Å². The number of hydrogen-bond donors (Lipinski definition) is 0. The number of fused-ring (bicyclic) bond motifs is 10. The normalized spacial score (nSPS) is 14.4. The highest BCUT2D eigenvalue weighted by molar-refractivity contribution is 7.26. The lowest BCUT2D eigenvalue weighted by Gasteiger charge is -2.23. The van der Waals surface area contributed by atoms with Crippen LogP contribution in [0.2, 0.25) is 0 Å². The largest absolute Gasteiger partial charge is 0.256 e. The minimum atomic E-state index is 0.449. The van der Waals surface area contributed by atoms with Gasteiger partial charge in [0.15, 0.2) is 0 Å². The fourth-order valence-corrected chi connectivity index (χ4v) is 9.05. The van der Waals surface area contributed by atoms with E-state index in [0.29, 0.717) is 5.92 Å². The Bertz CT molecular complexity index is 2750. The number of aromatic nitrogens is 2. The summed E-state index contributed by atoms with van der Waals surface area (Å²) >= 11 is 1.88. The van der Waals surface area contributed by atoms with Gasteiger partial charge in [0.2, 0.25) is 0 Å². The third-order valence-corrected chi connectivity index (χ3v) is 11.3. The maximum Gasteiger partial charge on any atom is 0.0788 e. The van der Waals surface area contributed by atoms with E-state index in [0.717, 1.165) is 28.7 Å². The van der Waals surface area contributed by atoms with Crippen molar-refractivity contribution >= 4 is 70.2 Å². The quantitative estimate of drug-likeness (QED) is 0.182. The summed E-state index contributed by atoms with van der Waals surface area (Å²) in [4.78, 5) is 10.0. The molecule has 226 valence electrons. The highest BCUT2D eigenvalue weighted by Crippen LogP contribution is 2.44.